The van der Waals surface area contributed by atoms with E-state index in [1.807, 2.05) is 0 Å². The van der Waals surface area contributed by atoms with Gasteiger partial charge in [-0.25, -0.2) is 4.79 Å². The van der Waals surface area contributed by atoms with Gasteiger partial charge in [-0.05, 0) is 30.7 Å². The van der Waals surface area contributed by atoms with Crippen LogP contribution in [0.4, 0.5) is 10.5 Å². The fourth-order valence-corrected chi connectivity index (χ4v) is 2.28. The summed E-state index contributed by atoms with van der Waals surface area (Å²) in [5.41, 5.74) is 0.443. The van der Waals surface area contributed by atoms with E-state index in [0.29, 0.717) is 29.4 Å². The van der Waals surface area contributed by atoms with Gasteiger partial charge in [0.15, 0.2) is 0 Å². The zero-order chi connectivity index (χ0) is 15.8. The van der Waals surface area contributed by atoms with Crippen molar-refractivity contribution in [1.29, 1.82) is 0 Å². The summed E-state index contributed by atoms with van der Waals surface area (Å²) < 4.78 is 10.9. The Bertz CT molecular complexity index is 521. The number of carbonyl (C=O) groups is 2. The first-order valence-electron chi connectivity index (χ1n) is 6.23. The van der Waals surface area contributed by atoms with Crippen LogP contribution >= 0.6 is 11.6 Å². The lowest BCUT2D eigenvalue weighted by Crippen LogP contribution is -2.43. The Kier molecular flexibility index (Phi) is 7.18. The van der Waals surface area contributed by atoms with Crippen LogP contribution in [0.1, 0.15) is 6.42 Å². The number of nitrogens with one attached hydrogen (secondary N) is 1. The molecule has 0 fully saturated rings. The molecular formula is C13H17ClN2O4S. The van der Waals surface area contributed by atoms with Gasteiger partial charge in [0.25, 0.3) is 0 Å². The normalized spacial score (nSPS) is 11.7. The number of halogens is 1. The van der Waals surface area contributed by atoms with Crippen LogP contribution in [0.5, 0.6) is 0 Å². The molecule has 0 aliphatic carbocycles. The van der Waals surface area contributed by atoms with E-state index in [1.54, 1.807) is 30.5 Å². The molecule has 0 heterocycles. The van der Waals surface area contributed by atoms with E-state index in [0.717, 1.165) is 4.90 Å². The van der Waals surface area contributed by atoms with Crippen molar-refractivity contribution in [2.45, 2.75) is 6.42 Å². The number of benzene rings is 1. The van der Waals surface area contributed by atoms with Gasteiger partial charge >= 0.3 is 12.0 Å². The Hall–Kier alpha value is -1.60. The Balaban J connectivity index is 2.68. The molecule has 1 atom stereocenters. The van der Waals surface area contributed by atoms with E-state index in [9.17, 15) is 13.8 Å². The summed E-state index contributed by atoms with van der Waals surface area (Å²) in [7, 11) is -0.912. The summed E-state index contributed by atoms with van der Waals surface area (Å²) in [6.45, 7) is -0.116. The lowest BCUT2D eigenvalue weighted by atomic mass is 10.3. The standard InChI is InChI=1S/C13H17ClN2O4S/c1-21(20)8-2-7-15-13(19)16(9-12(17)18)11-5-3-10(14)4-6-11/h3-6H,2,7-9H2,1H3,(H,15,19)(H,17,18). The highest BCUT2D eigenvalue weighted by Gasteiger charge is 2.18. The van der Waals surface area contributed by atoms with Gasteiger partial charge in [-0.3, -0.25) is 13.9 Å². The Morgan fingerprint density at radius 1 is 1.33 bits per heavy atom. The number of urea groups is 1. The largest absolute Gasteiger partial charge is 0.480 e. The smallest absolute Gasteiger partial charge is 0.323 e. The highest BCUT2D eigenvalue weighted by molar-refractivity contribution is 7.84. The fourth-order valence-electron chi connectivity index (χ4n) is 1.60. The summed E-state index contributed by atoms with van der Waals surface area (Å²) in [5, 5.41) is 12.0. The maximum Gasteiger partial charge on any atom is 0.323 e. The SMILES string of the molecule is CS(=O)CCCNC(=O)N(CC(=O)O)c1ccc(Cl)cc1. The second-order valence-electron chi connectivity index (χ2n) is 4.32. The summed E-state index contributed by atoms with van der Waals surface area (Å²) in [4.78, 5) is 24.0. The topological polar surface area (TPSA) is 86.7 Å². The molecule has 0 saturated carbocycles. The summed E-state index contributed by atoms with van der Waals surface area (Å²) in [5.74, 6) is -0.630. The van der Waals surface area contributed by atoms with Crippen LogP contribution in [0.3, 0.4) is 0 Å². The Morgan fingerprint density at radius 2 is 1.95 bits per heavy atom. The molecule has 1 unspecified atom stereocenters. The molecule has 0 radical (unpaired) electrons. The fraction of sp³-hybridized carbons (Fsp3) is 0.385. The highest BCUT2D eigenvalue weighted by atomic mass is 35.5. The van der Waals surface area contributed by atoms with Gasteiger partial charge < -0.3 is 10.4 Å². The van der Waals surface area contributed by atoms with Gasteiger partial charge in [0.1, 0.15) is 6.54 Å². The first-order chi connectivity index (χ1) is 9.90. The summed E-state index contributed by atoms with van der Waals surface area (Å²) in [6.07, 6.45) is 2.16. The molecule has 21 heavy (non-hydrogen) atoms. The van der Waals surface area contributed by atoms with E-state index < -0.39 is 29.3 Å². The predicted molar refractivity (Wildman–Crippen MR) is 83.4 cm³/mol. The molecule has 0 spiro atoms. The number of hydrogen-bond acceptors (Lipinski definition) is 3. The van der Waals surface area contributed by atoms with Crippen molar-refractivity contribution in [2.75, 3.05) is 30.0 Å². The molecule has 0 aliphatic heterocycles. The average Bonchev–Trinajstić information content (AvgIpc) is 2.41. The zero-order valence-electron chi connectivity index (χ0n) is 11.5. The van der Waals surface area contributed by atoms with E-state index in [-0.39, 0.29) is 0 Å². The van der Waals surface area contributed by atoms with Crippen molar-refractivity contribution in [1.82, 2.24) is 5.32 Å². The van der Waals surface area contributed by atoms with Crippen LogP contribution in [0.2, 0.25) is 5.02 Å². The lowest BCUT2D eigenvalue weighted by molar-refractivity contribution is -0.135. The van der Waals surface area contributed by atoms with E-state index in [1.165, 1.54) is 0 Å². The van der Waals surface area contributed by atoms with Crippen LogP contribution in [0, 0.1) is 0 Å². The summed E-state index contributed by atoms with van der Waals surface area (Å²) >= 11 is 5.77. The third kappa shape index (κ3) is 6.59. The number of rotatable bonds is 7. The maximum atomic E-state index is 12.1. The van der Waals surface area contributed by atoms with E-state index in [4.69, 9.17) is 16.7 Å². The highest BCUT2D eigenvalue weighted by Crippen LogP contribution is 2.18. The van der Waals surface area contributed by atoms with Crippen molar-refractivity contribution in [2.24, 2.45) is 0 Å². The molecule has 116 valence electrons. The number of anilines is 1. The van der Waals surface area contributed by atoms with E-state index in [2.05, 4.69) is 5.32 Å². The third-order valence-electron chi connectivity index (χ3n) is 2.56. The third-order valence-corrected chi connectivity index (χ3v) is 3.68. The van der Waals surface area contributed by atoms with Gasteiger partial charge in [-0.1, -0.05) is 11.6 Å². The summed E-state index contributed by atoms with van der Waals surface area (Å²) in [6, 6.07) is 5.80. The Morgan fingerprint density at radius 3 is 2.48 bits per heavy atom. The molecule has 6 nitrogen and oxygen atoms in total. The minimum atomic E-state index is -1.12. The molecule has 1 rings (SSSR count). The van der Waals surface area contributed by atoms with Crippen molar-refractivity contribution in [3.63, 3.8) is 0 Å². The van der Waals surface area contributed by atoms with E-state index >= 15 is 0 Å². The monoisotopic (exact) mass is 332 g/mol. The number of carbonyl (C=O) groups excluding carboxylic acids is 1. The second-order valence-corrected chi connectivity index (χ2v) is 6.31. The predicted octanol–water partition coefficient (Wildman–Crippen LogP) is 1.71. The molecule has 0 saturated heterocycles. The number of carboxylic acids is 1. The quantitative estimate of drug-likeness (QED) is 0.744. The van der Waals surface area contributed by atoms with Crippen molar-refractivity contribution in [3.8, 4) is 0 Å². The Labute approximate surface area is 130 Å². The van der Waals surface area contributed by atoms with Crippen LogP contribution in [-0.4, -0.2) is 46.4 Å². The number of hydrogen-bond donors (Lipinski definition) is 2. The first-order valence-corrected chi connectivity index (χ1v) is 8.33. The number of nitrogens with zero attached hydrogens (tertiary/aromatic N) is 1. The molecule has 0 aliphatic rings. The van der Waals surface area contributed by atoms with Gasteiger partial charge in [-0.2, -0.15) is 0 Å². The minimum absolute atomic E-state index is 0.335. The zero-order valence-corrected chi connectivity index (χ0v) is 13.1. The second kappa shape index (κ2) is 8.63. The van der Waals surface area contributed by atoms with Gasteiger partial charge in [0.05, 0.1) is 0 Å². The molecule has 1 aromatic rings. The van der Waals surface area contributed by atoms with Crippen molar-refractivity contribution >= 4 is 40.1 Å². The van der Waals surface area contributed by atoms with Crippen LogP contribution < -0.4 is 10.2 Å². The average molecular weight is 333 g/mol. The molecular weight excluding hydrogens is 316 g/mol. The van der Waals surface area contributed by atoms with Crippen LogP contribution in [-0.2, 0) is 15.6 Å². The molecule has 0 bridgehead atoms. The van der Waals surface area contributed by atoms with Gasteiger partial charge in [0, 0.05) is 40.1 Å². The van der Waals surface area contributed by atoms with Crippen molar-refractivity contribution < 1.29 is 18.9 Å². The van der Waals surface area contributed by atoms with Crippen LogP contribution in [0.25, 0.3) is 0 Å². The molecule has 8 heteroatoms. The minimum Gasteiger partial charge on any atom is -0.480 e. The number of aliphatic carboxylic acids is 1. The molecule has 1 aromatic carbocycles. The van der Waals surface area contributed by atoms with Gasteiger partial charge in [0.2, 0.25) is 0 Å². The molecule has 2 N–H and O–H groups in total. The number of carboxylic acid groups (broad SMARTS) is 1. The van der Waals surface area contributed by atoms with Gasteiger partial charge in [-0.15, -0.1) is 0 Å². The lowest BCUT2D eigenvalue weighted by Gasteiger charge is -2.21. The molecule has 0 aromatic heterocycles. The number of amides is 2. The molecule has 2 amide bonds. The maximum absolute atomic E-state index is 12.1. The first kappa shape index (κ1) is 17.5. The van der Waals surface area contributed by atoms with Crippen molar-refractivity contribution in [3.05, 3.63) is 29.3 Å². The van der Waals surface area contributed by atoms with Crippen LogP contribution in [0.15, 0.2) is 24.3 Å².